The van der Waals surface area contributed by atoms with Crippen molar-refractivity contribution in [2.75, 3.05) is 13.2 Å². The van der Waals surface area contributed by atoms with E-state index in [2.05, 4.69) is 35.3 Å². The van der Waals surface area contributed by atoms with Gasteiger partial charge in [0.05, 0.1) is 23.8 Å². The number of aryl methyl sites for hydroxylation is 1. The van der Waals surface area contributed by atoms with Gasteiger partial charge in [-0.3, -0.25) is 4.79 Å². The Morgan fingerprint density at radius 2 is 1.91 bits per heavy atom. The molecule has 0 atom stereocenters. The van der Waals surface area contributed by atoms with Gasteiger partial charge in [-0.15, -0.1) is 11.3 Å². The Balaban J connectivity index is 1.63. The molecule has 0 amide bonds. The number of ketones is 1. The van der Waals surface area contributed by atoms with Crippen molar-refractivity contribution in [1.82, 2.24) is 4.98 Å². The number of thiazole rings is 1. The fourth-order valence-electron chi connectivity index (χ4n) is 2.98. The number of benzene rings is 1. The van der Waals surface area contributed by atoms with Crippen molar-refractivity contribution < 1.29 is 9.53 Å². The third-order valence-corrected chi connectivity index (χ3v) is 5.37. The van der Waals surface area contributed by atoms with E-state index in [0.29, 0.717) is 13.0 Å². The Morgan fingerprint density at radius 3 is 2.64 bits per heavy atom. The minimum Gasteiger partial charge on any atom is -0.376 e. The summed E-state index contributed by atoms with van der Waals surface area (Å²) >= 11 is 1.54. The molecule has 112 valence electrons. The number of rotatable bonds is 2. The molecule has 1 aromatic carbocycles. The van der Waals surface area contributed by atoms with E-state index in [-0.39, 0.29) is 5.78 Å². The van der Waals surface area contributed by atoms with Crippen LogP contribution in [0.5, 0.6) is 0 Å². The quantitative estimate of drug-likeness (QED) is 0.837. The highest BCUT2D eigenvalue weighted by Crippen LogP contribution is 2.33. The molecule has 0 unspecified atom stereocenters. The van der Waals surface area contributed by atoms with Crippen molar-refractivity contribution in [3.8, 4) is 10.6 Å². The number of Topliss-reactive ketones (excluding diaryl/α,β-unsaturated/α-hetero) is 1. The van der Waals surface area contributed by atoms with Crippen LogP contribution >= 0.6 is 11.3 Å². The van der Waals surface area contributed by atoms with Gasteiger partial charge >= 0.3 is 0 Å². The van der Waals surface area contributed by atoms with Crippen molar-refractivity contribution in [3.05, 3.63) is 46.5 Å². The maximum Gasteiger partial charge on any atom is 0.174 e. The maximum absolute atomic E-state index is 11.9. The number of hydrogen-bond donors (Lipinski definition) is 0. The van der Waals surface area contributed by atoms with Crippen LogP contribution in [0.25, 0.3) is 16.1 Å². The number of aromatic nitrogens is 1. The molecule has 22 heavy (non-hydrogen) atoms. The largest absolute Gasteiger partial charge is 0.376 e. The van der Waals surface area contributed by atoms with Gasteiger partial charge in [-0.1, -0.05) is 30.3 Å². The zero-order chi connectivity index (χ0) is 14.9. The average Bonchev–Trinajstić information content (AvgIpc) is 3.02. The van der Waals surface area contributed by atoms with Crippen molar-refractivity contribution in [1.29, 1.82) is 0 Å². The summed E-state index contributed by atoms with van der Waals surface area (Å²) in [6.45, 7) is 1.51. The van der Waals surface area contributed by atoms with Gasteiger partial charge in [0.2, 0.25) is 0 Å². The molecule has 0 saturated heterocycles. The molecule has 4 heteroatoms. The molecule has 2 aliphatic rings. The van der Waals surface area contributed by atoms with E-state index in [1.54, 1.807) is 0 Å². The van der Waals surface area contributed by atoms with Crippen LogP contribution in [-0.2, 0) is 11.2 Å². The highest BCUT2D eigenvalue weighted by Gasteiger charge is 2.22. The van der Waals surface area contributed by atoms with Crippen LogP contribution < -0.4 is 0 Å². The normalized spacial score (nSPS) is 18.0. The first-order valence-electron chi connectivity index (χ1n) is 7.72. The Bertz CT molecular complexity index is 743. The molecule has 1 aliphatic heterocycles. The summed E-state index contributed by atoms with van der Waals surface area (Å²) in [6.07, 6.45) is 5.77. The van der Waals surface area contributed by atoms with E-state index in [1.165, 1.54) is 22.5 Å². The molecule has 2 heterocycles. The molecular formula is C18H17NO2S. The molecule has 0 bridgehead atoms. The van der Waals surface area contributed by atoms with Crippen LogP contribution in [0.15, 0.2) is 30.3 Å². The van der Waals surface area contributed by atoms with E-state index in [9.17, 15) is 4.79 Å². The van der Waals surface area contributed by atoms with Gasteiger partial charge in [0.1, 0.15) is 5.01 Å². The summed E-state index contributed by atoms with van der Waals surface area (Å²) in [4.78, 5) is 17.5. The number of carbonyl (C=O) groups is 1. The highest BCUT2D eigenvalue weighted by atomic mass is 32.1. The Morgan fingerprint density at radius 1 is 1.09 bits per heavy atom. The zero-order valence-corrected chi connectivity index (χ0v) is 13.1. The van der Waals surface area contributed by atoms with Crippen LogP contribution in [0.4, 0.5) is 0 Å². The lowest BCUT2D eigenvalue weighted by molar-refractivity contribution is 0.0976. The van der Waals surface area contributed by atoms with Gasteiger partial charge in [-0.2, -0.15) is 0 Å². The number of ether oxygens (including phenoxy) is 1. The fraction of sp³-hybridized carbons (Fsp3) is 0.333. The lowest BCUT2D eigenvalue weighted by atomic mass is 10.0. The van der Waals surface area contributed by atoms with E-state index in [1.807, 2.05) is 0 Å². The second kappa shape index (κ2) is 5.78. The lowest BCUT2D eigenvalue weighted by Crippen LogP contribution is -2.07. The molecular weight excluding hydrogens is 294 g/mol. The van der Waals surface area contributed by atoms with Gasteiger partial charge in [-0.05, 0) is 30.4 Å². The van der Waals surface area contributed by atoms with Crippen LogP contribution in [0, 0.1) is 0 Å². The Kier molecular flexibility index (Phi) is 3.64. The minimum atomic E-state index is 0.256. The predicted octanol–water partition coefficient (Wildman–Crippen LogP) is 4.13. The van der Waals surface area contributed by atoms with Crippen molar-refractivity contribution in [3.63, 3.8) is 0 Å². The summed E-state index contributed by atoms with van der Waals surface area (Å²) < 4.78 is 5.50. The van der Waals surface area contributed by atoms with Crippen molar-refractivity contribution >= 4 is 22.7 Å². The summed E-state index contributed by atoms with van der Waals surface area (Å²) in [5, 5.41) is 0.959. The van der Waals surface area contributed by atoms with Gasteiger partial charge in [0, 0.05) is 12.0 Å². The third kappa shape index (κ3) is 2.53. The first-order chi connectivity index (χ1) is 10.8. The zero-order valence-electron chi connectivity index (χ0n) is 12.3. The van der Waals surface area contributed by atoms with E-state index >= 15 is 0 Å². The van der Waals surface area contributed by atoms with Crippen molar-refractivity contribution in [2.24, 2.45) is 0 Å². The molecule has 0 spiro atoms. The van der Waals surface area contributed by atoms with E-state index in [4.69, 9.17) is 4.74 Å². The summed E-state index contributed by atoms with van der Waals surface area (Å²) in [7, 11) is 0. The smallest absolute Gasteiger partial charge is 0.174 e. The SMILES string of the molecule is O=C1CCCc2nc(-c3ccc(C4=CCCOC4)cc3)sc21. The monoisotopic (exact) mass is 311 g/mol. The first kappa shape index (κ1) is 13.9. The van der Waals surface area contributed by atoms with Crippen LogP contribution in [0.1, 0.15) is 40.2 Å². The number of hydrogen-bond acceptors (Lipinski definition) is 4. The maximum atomic E-state index is 11.9. The average molecular weight is 311 g/mol. The van der Waals surface area contributed by atoms with Crippen LogP contribution in [0.2, 0.25) is 0 Å². The van der Waals surface area contributed by atoms with E-state index < -0.39 is 0 Å². The molecule has 1 aromatic heterocycles. The van der Waals surface area contributed by atoms with Gasteiger partial charge in [0.15, 0.2) is 5.78 Å². The molecule has 1 aliphatic carbocycles. The topological polar surface area (TPSA) is 39.2 Å². The first-order valence-corrected chi connectivity index (χ1v) is 8.53. The third-order valence-electron chi connectivity index (χ3n) is 4.18. The lowest BCUT2D eigenvalue weighted by Gasteiger charge is -2.13. The molecule has 3 nitrogen and oxygen atoms in total. The number of fused-ring (bicyclic) bond motifs is 1. The molecule has 0 fully saturated rings. The second-order valence-electron chi connectivity index (χ2n) is 5.72. The Hall–Kier alpha value is -1.78. The molecule has 0 saturated carbocycles. The fourth-order valence-corrected chi connectivity index (χ4v) is 4.06. The minimum absolute atomic E-state index is 0.256. The summed E-state index contributed by atoms with van der Waals surface area (Å²) in [5.41, 5.74) is 4.55. The standard InChI is InChI=1S/C18H17NO2S/c20-16-5-1-4-15-17(16)22-18(19-15)13-8-6-12(7-9-13)14-3-2-10-21-11-14/h3,6-9H,1-2,4-5,10-11H2. The predicted molar refractivity (Wildman–Crippen MR) is 88.2 cm³/mol. The van der Waals surface area contributed by atoms with Crippen LogP contribution in [0.3, 0.4) is 0 Å². The molecule has 0 radical (unpaired) electrons. The Labute approximate surface area is 133 Å². The van der Waals surface area contributed by atoms with Gasteiger partial charge in [-0.25, -0.2) is 4.98 Å². The number of carbonyl (C=O) groups excluding carboxylic acids is 1. The molecule has 2 aromatic rings. The molecule has 4 rings (SSSR count). The molecule has 0 N–H and O–H groups in total. The summed E-state index contributed by atoms with van der Waals surface area (Å²) in [5.74, 6) is 0.256. The van der Waals surface area contributed by atoms with Gasteiger partial charge < -0.3 is 4.74 Å². The van der Waals surface area contributed by atoms with E-state index in [0.717, 1.165) is 47.0 Å². The highest BCUT2D eigenvalue weighted by molar-refractivity contribution is 7.17. The number of nitrogens with zero attached hydrogens (tertiary/aromatic N) is 1. The second-order valence-corrected chi connectivity index (χ2v) is 6.72. The summed E-state index contributed by atoms with van der Waals surface area (Å²) in [6, 6.07) is 8.44. The van der Waals surface area contributed by atoms with Gasteiger partial charge in [0.25, 0.3) is 0 Å². The van der Waals surface area contributed by atoms with Crippen LogP contribution in [-0.4, -0.2) is 24.0 Å². The van der Waals surface area contributed by atoms with Crippen molar-refractivity contribution in [2.45, 2.75) is 25.7 Å².